The maximum absolute atomic E-state index is 11.2. The third-order valence-corrected chi connectivity index (χ3v) is 2.11. The molecule has 0 unspecified atom stereocenters. The molecule has 0 aliphatic carbocycles. The number of nitrogens with one attached hydrogen (secondary N) is 1. The van der Waals surface area contributed by atoms with Crippen LogP contribution in [0.1, 0.15) is 51.3 Å². The van der Waals surface area contributed by atoms with Gasteiger partial charge in [0.1, 0.15) is 0 Å². The van der Waals surface area contributed by atoms with Crippen LogP contribution in [0.25, 0.3) is 0 Å². The van der Waals surface area contributed by atoms with E-state index in [1.807, 2.05) is 20.8 Å². The van der Waals surface area contributed by atoms with Gasteiger partial charge in [0.2, 0.25) is 17.7 Å². The third kappa shape index (κ3) is 4.00. The highest BCUT2D eigenvalue weighted by Crippen LogP contribution is 2.11. The third-order valence-electron chi connectivity index (χ3n) is 2.11. The van der Waals surface area contributed by atoms with E-state index in [1.165, 1.54) is 0 Å². The minimum absolute atomic E-state index is 0.0751. The van der Waals surface area contributed by atoms with Gasteiger partial charge >= 0.3 is 0 Å². The number of aromatic nitrogens is 2. The molecule has 0 spiro atoms. The lowest BCUT2D eigenvalue weighted by Crippen LogP contribution is -2.25. The van der Waals surface area contributed by atoms with Crippen LogP contribution in [-0.2, 0) is 11.2 Å². The zero-order valence-electron chi connectivity index (χ0n) is 10.1. The molecular weight excluding hydrogens is 206 g/mol. The summed E-state index contributed by atoms with van der Waals surface area (Å²) in [5, 5.41) is 10.6. The van der Waals surface area contributed by atoms with Crippen molar-refractivity contribution in [3.8, 4) is 0 Å². The molecule has 1 aromatic rings. The summed E-state index contributed by atoms with van der Waals surface area (Å²) in [6.07, 6.45) is 2.03. The Morgan fingerprint density at radius 1 is 1.44 bits per heavy atom. The van der Waals surface area contributed by atoms with Crippen molar-refractivity contribution >= 4 is 5.91 Å². The van der Waals surface area contributed by atoms with E-state index < -0.39 is 0 Å². The normalized spacial score (nSPS) is 10.8. The molecule has 1 heterocycles. The molecule has 5 heteroatoms. The minimum atomic E-state index is 0.0751. The molecule has 0 bridgehead atoms. The average Bonchev–Trinajstić information content (AvgIpc) is 2.67. The van der Waals surface area contributed by atoms with Crippen LogP contribution in [0.4, 0.5) is 0 Å². The summed E-state index contributed by atoms with van der Waals surface area (Å²) < 4.78 is 5.41. The molecule has 0 atom stereocenters. The zero-order valence-corrected chi connectivity index (χ0v) is 10.1. The molecule has 0 fully saturated rings. The van der Waals surface area contributed by atoms with Gasteiger partial charge in [-0.15, -0.1) is 10.2 Å². The van der Waals surface area contributed by atoms with Gasteiger partial charge in [-0.2, -0.15) is 0 Å². The van der Waals surface area contributed by atoms with Gasteiger partial charge in [-0.3, -0.25) is 4.79 Å². The molecule has 0 saturated heterocycles. The minimum Gasteiger partial charge on any atom is -0.425 e. The van der Waals surface area contributed by atoms with Crippen molar-refractivity contribution in [2.24, 2.45) is 0 Å². The average molecular weight is 225 g/mol. The number of carbonyl (C=O) groups is 1. The number of nitrogens with zero attached hydrogens (tertiary/aromatic N) is 2. The van der Waals surface area contributed by atoms with Gasteiger partial charge in [0, 0.05) is 25.3 Å². The van der Waals surface area contributed by atoms with Crippen LogP contribution in [0, 0.1) is 0 Å². The van der Waals surface area contributed by atoms with Crippen molar-refractivity contribution in [2.75, 3.05) is 6.54 Å². The summed E-state index contributed by atoms with van der Waals surface area (Å²) in [7, 11) is 0. The molecule has 0 saturated carbocycles. The summed E-state index contributed by atoms with van der Waals surface area (Å²) in [5.74, 6) is 1.55. The van der Waals surface area contributed by atoms with Crippen LogP contribution in [0.5, 0.6) is 0 Å². The summed E-state index contributed by atoms with van der Waals surface area (Å²) in [5.41, 5.74) is 0. The molecule has 90 valence electrons. The standard InChI is InChI=1S/C11H19N3O2/c1-4-5-9(15)12-7-6-10-13-14-11(16-10)8(2)3/h8H,4-7H2,1-3H3,(H,12,15). The summed E-state index contributed by atoms with van der Waals surface area (Å²) in [4.78, 5) is 11.2. The molecule has 1 aromatic heterocycles. The second-order valence-electron chi connectivity index (χ2n) is 4.04. The van der Waals surface area contributed by atoms with E-state index in [0.29, 0.717) is 31.2 Å². The lowest BCUT2D eigenvalue weighted by molar-refractivity contribution is -0.121. The fourth-order valence-corrected chi connectivity index (χ4v) is 1.23. The molecule has 16 heavy (non-hydrogen) atoms. The molecule has 0 radical (unpaired) electrons. The number of hydrogen-bond donors (Lipinski definition) is 1. The Hall–Kier alpha value is -1.39. The highest BCUT2D eigenvalue weighted by molar-refractivity contribution is 5.75. The van der Waals surface area contributed by atoms with E-state index in [4.69, 9.17) is 4.42 Å². The largest absolute Gasteiger partial charge is 0.425 e. The lowest BCUT2D eigenvalue weighted by atomic mass is 10.2. The molecule has 5 nitrogen and oxygen atoms in total. The fraction of sp³-hybridized carbons (Fsp3) is 0.727. The summed E-state index contributed by atoms with van der Waals surface area (Å²) in [6, 6.07) is 0. The number of rotatable bonds is 6. The van der Waals surface area contributed by atoms with Gasteiger partial charge in [0.15, 0.2) is 0 Å². The number of amides is 1. The van der Waals surface area contributed by atoms with Crippen molar-refractivity contribution in [3.05, 3.63) is 11.8 Å². The number of hydrogen-bond acceptors (Lipinski definition) is 4. The van der Waals surface area contributed by atoms with Gasteiger partial charge in [-0.1, -0.05) is 20.8 Å². The molecule has 0 aliphatic rings. The molecule has 1 rings (SSSR count). The second kappa shape index (κ2) is 6.25. The van der Waals surface area contributed by atoms with E-state index in [0.717, 1.165) is 6.42 Å². The van der Waals surface area contributed by atoms with Crippen LogP contribution in [0.3, 0.4) is 0 Å². The summed E-state index contributed by atoms with van der Waals surface area (Å²) >= 11 is 0. The lowest BCUT2D eigenvalue weighted by Gasteiger charge is -2.01. The predicted molar refractivity (Wildman–Crippen MR) is 60.0 cm³/mol. The SMILES string of the molecule is CCCC(=O)NCCc1nnc(C(C)C)o1. The highest BCUT2D eigenvalue weighted by atomic mass is 16.4. The van der Waals surface area contributed by atoms with Gasteiger partial charge in [0.25, 0.3) is 0 Å². The Bertz CT molecular complexity index is 334. The second-order valence-corrected chi connectivity index (χ2v) is 4.04. The highest BCUT2D eigenvalue weighted by Gasteiger charge is 2.09. The monoisotopic (exact) mass is 225 g/mol. The van der Waals surface area contributed by atoms with Crippen molar-refractivity contribution in [1.82, 2.24) is 15.5 Å². The fourth-order valence-electron chi connectivity index (χ4n) is 1.23. The van der Waals surface area contributed by atoms with Crippen LogP contribution >= 0.6 is 0 Å². The first-order chi connectivity index (χ1) is 7.63. The summed E-state index contributed by atoms with van der Waals surface area (Å²) in [6.45, 7) is 6.53. The first-order valence-corrected chi connectivity index (χ1v) is 5.72. The van der Waals surface area contributed by atoms with Crippen LogP contribution in [0.2, 0.25) is 0 Å². The quantitative estimate of drug-likeness (QED) is 0.799. The van der Waals surface area contributed by atoms with E-state index in [-0.39, 0.29) is 11.8 Å². The van der Waals surface area contributed by atoms with Crippen molar-refractivity contribution in [1.29, 1.82) is 0 Å². The maximum atomic E-state index is 11.2. The molecule has 1 amide bonds. The van der Waals surface area contributed by atoms with Crippen molar-refractivity contribution in [3.63, 3.8) is 0 Å². The smallest absolute Gasteiger partial charge is 0.219 e. The Morgan fingerprint density at radius 2 is 2.19 bits per heavy atom. The van der Waals surface area contributed by atoms with Crippen molar-refractivity contribution < 1.29 is 9.21 Å². The Labute approximate surface area is 95.6 Å². The first kappa shape index (κ1) is 12.7. The van der Waals surface area contributed by atoms with E-state index in [1.54, 1.807) is 0 Å². The molecule has 0 aliphatic heterocycles. The zero-order chi connectivity index (χ0) is 12.0. The number of carbonyl (C=O) groups excluding carboxylic acids is 1. The van der Waals surface area contributed by atoms with Gasteiger partial charge in [-0.25, -0.2) is 0 Å². The maximum Gasteiger partial charge on any atom is 0.219 e. The topological polar surface area (TPSA) is 68.0 Å². The predicted octanol–water partition coefficient (Wildman–Crippen LogP) is 1.65. The Balaban J connectivity index is 2.29. The van der Waals surface area contributed by atoms with Gasteiger partial charge in [0.05, 0.1) is 0 Å². The van der Waals surface area contributed by atoms with Crippen LogP contribution in [0.15, 0.2) is 4.42 Å². The Kier molecular flexibility index (Phi) is 4.95. The van der Waals surface area contributed by atoms with Gasteiger partial charge < -0.3 is 9.73 Å². The van der Waals surface area contributed by atoms with E-state index in [9.17, 15) is 4.79 Å². The van der Waals surface area contributed by atoms with Crippen molar-refractivity contribution in [2.45, 2.75) is 46.0 Å². The first-order valence-electron chi connectivity index (χ1n) is 5.72. The van der Waals surface area contributed by atoms with Crippen LogP contribution in [-0.4, -0.2) is 22.6 Å². The van der Waals surface area contributed by atoms with Gasteiger partial charge in [-0.05, 0) is 6.42 Å². The van der Waals surface area contributed by atoms with E-state index >= 15 is 0 Å². The molecular formula is C11H19N3O2. The molecule has 0 aromatic carbocycles. The Morgan fingerprint density at radius 3 is 2.75 bits per heavy atom. The van der Waals surface area contributed by atoms with Crippen LogP contribution < -0.4 is 5.32 Å². The molecule has 1 N–H and O–H groups in total. The van der Waals surface area contributed by atoms with E-state index in [2.05, 4.69) is 15.5 Å².